The van der Waals surface area contributed by atoms with E-state index >= 15 is 0 Å². The van der Waals surface area contributed by atoms with Crippen LogP contribution in [0.15, 0.2) is 249 Å². The van der Waals surface area contributed by atoms with Crippen molar-refractivity contribution in [1.29, 1.82) is 0 Å². The summed E-state index contributed by atoms with van der Waals surface area (Å²) in [5, 5.41) is 4.81. The molecule has 0 saturated carbocycles. The van der Waals surface area contributed by atoms with Crippen molar-refractivity contribution in [3.05, 3.63) is 249 Å². The Kier molecular flexibility index (Phi) is 9.43. The highest BCUT2D eigenvalue weighted by atomic mass is 15.0. The molecule has 3 aromatic heterocycles. The Bertz CT molecular complexity index is 3910. The second-order valence-electron chi connectivity index (χ2n) is 17.2. The summed E-state index contributed by atoms with van der Waals surface area (Å²) in [4.78, 5) is 16.0. The lowest BCUT2D eigenvalue weighted by atomic mass is 9.96. The predicted octanol–water partition coefficient (Wildman–Crippen LogP) is 16.1. The normalized spacial score (nSPS) is 11.5. The molecule has 0 bridgehead atoms. The van der Waals surface area contributed by atoms with Gasteiger partial charge in [0.05, 0.1) is 33.4 Å². The zero-order chi connectivity index (χ0) is 45.0. The van der Waals surface area contributed by atoms with Gasteiger partial charge >= 0.3 is 0 Å². The first kappa shape index (κ1) is 39.2. The van der Waals surface area contributed by atoms with E-state index in [2.05, 4.69) is 240 Å². The van der Waals surface area contributed by atoms with Crippen LogP contribution in [-0.4, -0.2) is 24.1 Å². The van der Waals surface area contributed by atoms with Crippen LogP contribution in [0.3, 0.4) is 0 Å². The molecule has 0 saturated heterocycles. The summed E-state index contributed by atoms with van der Waals surface area (Å²) in [7, 11) is 0. The van der Waals surface area contributed by atoms with Crippen molar-refractivity contribution in [2.75, 3.05) is 0 Å². The van der Waals surface area contributed by atoms with Crippen LogP contribution >= 0.6 is 0 Å². The second-order valence-corrected chi connectivity index (χ2v) is 17.2. The maximum Gasteiger partial charge on any atom is 0.164 e. The molecule has 0 aliphatic carbocycles. The van der Waals surface area contributed by atoms with Gasteiger partial charge in [0, 0.05) is 49.4 Å². The first-order chi connectivity index (χ1) is 33.7. The lowest BCUT2D eigenvalue weighted by Gasteiger charge is -2.17. The molecule has 5 nitrogen and oxygen atoms in total. The van der Waals surface area contributed by atoms with E-state index in [0.29, 0.717) is 17.5 Å². The number of hydrogen-bond acceptors (Lipinski definition) is 3. The first-order valence-corrected chi connectivity index (χ1v) is 23.0. The summed E-state index contributed by atoms with van der Waals surface area (Å²) in [5.74, 6) is 1.79. The van der Waals surface area contributed by atoms with Gasteiger partial charge in [-0.1, -0.05) is 206 Å². The Hall–Kier alpha value is -9.19. The summed E-state index contributed by atoms with van der Waals surface area (Å²) in [6.07, 6.45) is 0. The zero-order valence-corrected chi connectivity index (χ0v) is 36.9. The Morgan fingerprint density at radius 2 is 0.559 bits per heavy atom. The van der Waals surface area contributed by atoms with Crippen LogP contribution in [0.25, 0.3) is 123 Å². The molecule has 0 amide bonds. The largest absolute Gasteiger partial charge is 0.309 e. The third-order valence-corrected chi connectivity index (χ3v) is 13.2. The number of aromatic nitrogens is 5. The molecule has 318 valence electrons. The van der Waals surface area contributed by atoms with Gasteiger partial charge in [-0.25, -0.2) is 15.0 Å². The van der Waals surface area contributed by atoms with Gasteiger partial charge in [0.15, 0.2) is 17.5 Å². The Labute approximate surface area is 393 Å². The summed E-state index contributed by atoms with van der Waals surface area (Å²) >= 11 is 0. The number of hydrogen-bond donors (Lipinski definition) is 0. The molecule has 10 aromatic carbocycles. The minimum Gasteiger partial charge on any atom is -0.309 e. The highest BCUT2D eigenvalue weighted by Gasteiger charge is 2.21. The minimum atomic E-state index is 0.589. The molecular formula is C63H41N5. The van der Waals surface area contributed by atoms with Crippen molar-refractivity contribution in [2.24, 2.45) is 0 Å². The molecule has 68 heavy (non-hydrogen) atoms. The summed E-state index contributed by atoms with van der Waals surface area (Å²) < 4.78 is 4.79. The van der Waals surface area contributed by atoms with E-state index in [1.165, 1.54) is 27.1 Å². The molecule has 0 radical (unpaired) electrons. The highest BCUT2D eigenvalue weighted by Crippen LogP contribution is 2.41. The van der Waals surface area contributed by atoms with Gasteiger partial charge in [0.25, 0.3) is 0 Å². The molecule has 0 fully saturated rings. The van der Waals surface area contributed by atoms with Crippen molar-refractivity contribution < 1.29 is 0 Å². The SMILES string of the molecule is c1ccc(-c2cccc(-c3ccc(-c4nc(-c5ccccc5)nc(-c5ccc(-c6ccccc6)c(-n6c7ccccc7c7ccccc76)c5)n4)cc3-n3c4ccccc4c4ccccc43)c2)cc1. The van der Waals surface area contributed by atoms with Gasteiger partial charge in [-0.15, -0.1) is 0 Å². The van der Waals surface area contributed by atoms with Crippen molar-refractivity contribution >= 4 is 43.6 Å². The van der Waals surface area contributed by atoms with Crippen LogP contribution in [0.4, 0.5) is 0 Å². The fourth-order valence-electron chi connectivity index (χ4n) is 10.0. The van der Waals surface area contributed by atoms with E-state index < -0.39 is 0 Å². The molecule has 13 rings (SSSR count). The van der Waals surface area contributed by atoms with E-state index in [9.17, 15) is 0 Å². The summed E-state index contributed by atoms with van der Waals surface area (Å²) in [5.41, 5.74) is 16.1. The average molecular weight is 868 g/mol. The monoisotopic (exact) mass is 867 g/mol. The van der Waals surface area contributed by atoms with Crippen LogP contribution in [0.2, 0.25) is 0 Å². The smallest absolute Gasteiger partial charge is 0.164 e. The topological polar surface area (TPSA) is 48.5 Å². The Balaban J connectivity index is 1.05. The molecule has 0 atom stereocenters. The van der Waals surface area contributed by atoms with Gasteiger partial charge in [0.2, 0.25) is 0 Å². The van der Waals surface area contributed by atoms with E-state index in [0.717, 1.165) is 77.9 Å². The van der Waals surface area contributed by atoms with Gasteiger partial charge in [-0.05, 0) is 64.7 Å². The summed E-state index contributed by atoms with van der Waals surface area (Å²) in [6, 6.07) is 88.2. The van der Waals surface area contributed by atoms with E-state index in [4.69, 9.17) is 15.0 Å². The number of para-hydroxylation sites is 4. The van der Waals surface area contributed by atoms with Crippen LogP contribution in [-0.2, 0) is 0 Å². The lowest BCUT2D eigenvalue weighted by molar-refractivity contribution is 1.07. The minimum absolute atomic E-state index is 0.589. The fraction of sp³-hybridized carbons (Fsp3) is 0. The van der Waals surface area contributed by atoms with Gasteiger partial charge in [-0.2, -0.15) is 0 Å². The molecule has 0 spiro atoms. The molecule has 0 unspecified atom stereocenters. The molecule has 0 N–H and O–H groups in total. The van der Waals surface area contributed by atoms with Crippen LogP contribution in [0.1, 0.15) is 0 Å². The van der Waals surface area contributed by atoms with Crippen LogP contribution in [0, 0.1) is 0 Å². The second kappa shape index (κ2) is 16.4. The highest BCUT2D eigenvalue weighted by molar-refractivity contribution is 6.11. The van der Waals surface area contributed by atoms with E-state index in [-0.39, 0.29) is 0 Å². The van der Waals surface area contributed by atoms with E-state index in [1.54, 1.807) is 0 Å². The van der Waals surface area contributed by atoms with Gasteiger partial charge < -0.3 is 9.13 Å². The van der Waals surface area contributed by atoms with Crippen molar-refractivity contribution in [3.63, 3.8) is 0 Å². The molecule has 5 heteroatoms. The maximum absolute atomic E-state index is 5.41. The van der Waals surface area contributed by atoms with Crippen molar-refractivity contribution in [1.82, 2.24) is 24.1 Å². The first-order valence-electron chi connectivity index (χ1n) is 23.0. The standard InChI is InChI=1S/C63H41N5/c1-4-19-42(20-5-1)45-25-18-26-46(39-45)50-38-36-48(41-60(50)68-57-33-16-12-29-53(57)54-30-13-17-34-58(54)68)63-65-61(44-23-8-3-9-24-44)64-62(66-63)47-35-37-49(43-21-6-2-7-22-43)59(40-47)67-55-31-14-10-27-51(55)52-28-11-15-32-56(52)67/h1-41H. The third-order valence-electron chi connectivity index (χ3n) is 13.2. The van der Waals surface area contributed by atoms with Gasteiger partial charge in [0.1, 0.15) is 0 Å². The predicted molar refractivity (Wildman–Crippen MR) is 281 cm³/mol. The Morgan fingerprint density at radius 1 is 0.221 bits per heavy atom. The van der Waals surface area contributed by atoms with E-state index in [1.807, 2.05) is 18.2 Å². The van der Waals surface area contributed by atoms with Gasteiger partial charge in [-0.3, -0.25) is 0 Å². The molecule has 0 aliphatic rings. The number of nitrogens with zero attached hydrogens (tertiary/aromatic N) is 5. The van der Waals surface area contributed by atoms with Crippen molar-refractivity contribution in [2.45, 2.75) is 0 Å². The Morgan fingerprint density at radius 3 is 1.01 bits per heavy atom. The van der Waals surface area contributed by atoms with Crippen LogP contribution in [0.5, 0.6) is 0 Å². The number of benzene rings is 10. The van der Waals surface area contributed by atoms with Crippen molar-refractivity contribution in [3.8, 4) is 78.9 Å². The van der Waals surface area contributed by atoms with Crippen LogP contribution < -0.4 is 0 Å². The zero-order valence-electron chi connectivity index (χ0n) is 36.9. The lowest BCUT2D eigenvalue weighted by Crippen LogP contribution is -2.03. The molecule has 0 aliphatic heterocycles. The molecule has 13 aromatic rings. The average Bonchev–Trinajstić information content (AvgIpc) is 3.94. The molecular weight excluding hydrogens is 827 g/mol. The molecule has 3 heterocycles. The fourth-order valence-corrected chi connectivity index (χ4v) is 10.0. The third kappa shape index (κ3) is 6.68. The summed E-state index contributed by atoms with van der Waals surface area (Å²) in [6.45, 7) is 0. The quantitative estimate of drug-likeness (QED) is 0.153. The maximum atomic E-state index is 5.41. The number of rotatable bonds is 8. The number of fused-ring (bicyclic) bond motifs is 6.